The maximum atomic E-state index is 5.55. The van der Waals surface area contributed by atoms with Crippen LogP contribution in [0.25, 0.3) is 5.57 Å². The highest BCUT2D eigenvalue weighted by molar-refractivity contribution is 5.76. The fourth-order valence-corrected chi connectivity index (χ4v) is 1.26. The van der Waals surface area contributed by atoms with Gasteiger partial charge in [0.25, 0.3) is 0 Å². The fourth-order valence-electron chi connectivity index (χ4n) is 1.26. The number of nitrogens with zero attached hydrogens (tertiary/aromatic N) is 3. The van der Waals surface area contributed by atoms with Crippen molar-refractivity contribution in [3.8, 4) is 0 Å². The number of hydrogen-bond donors (Lipinski definition) is 2. The van der Waals surface area contributed by atoms with Crippen molar-refractivity contribution in [1.82, 2.24) is 15.0 Å². The smallest absolute Gasteiger partial charge is 0.225 e. The molecule has 17 heavy (non-hydrogen) atoms. The summed E-state index contributed by atoms with van der Waals surface area (Å²) in [6, 6.07) is 0. The Labute approximate surface area is 101 Å². The van der Waals surface area contributed by atoms with Crippen LogP contribution >= 0.6 is 0 Å². The third-order valence-corrected chi connectivity index (χ3v) is 2.17. The highest BCUT2D eigenvalue weighted by Gasteiger charge is 2.09. The summed E-state index contributed by atoms with van der Waals surface area (Å²) >= 11 is 0. The molecular weight excluding hydrogens is 214 g/mol. The van der Waals surface area contributed by atoms with E-state index in [1.807, 2.05) is 32.1 Å². The summed E-state index contributed by atoms with van der Waals surface area (Å²) in [6.07, 6.45) is 6.50. The molecule has 1 aromatic rings. The Bertz CT molecular complexity index is 454. The lowest BCUT2D eigenvalue weighted by Gasteiger charge is -2.07. The van der Waals surface area contributed by atoms with E-state index in [4.69, 9.17) is 11.5 Å². The van der Waals surface area contributed by atoms with Crippen LogP contribution in [0, 0.1) is 0 Å². The first kappa shape index (κ1) is 12.9. The molecule has 4 N–H and O–H groups in total. The molecule has 1 heterocycles. The van der Waals surface area contributed by atoms with Crippen molar-refractivity contribution in [1.29, 1.82) is 0 Å². The van der Waals surface area contributed by atoms with Crippen molar-refractivity contribution in [3.05, 3.63) is 36.2 Å². The van der Waals surface area contributed by atoms with Crippen LogP contribution in [0.3, 0.4) is 0 Å². The Hall–Kier alpha value is -2.17. The minimum absolute atomic E-state index is 0.114. The lowest BCUT2D eigenvalue weighted by molar-refractivity contribution is 1.03. The van der Waals surface area contributed by atoms with E-state index in [0.29, 0.717) is 5.82 Å². The van der Waals surface area contributed by atoms with Gasteiger partial charge in [-0.1, -0.05) is 31.7 Å². The summed E-state index contributed by atoms with van der Waals surface area (Å²) in [4.78, 5) is 11.9. The molecule has 0 spiro atoms. The molecule has 0 saturated heterocycles. The van der Waals surface area contributed by atoms with Crippen molar-refractivity contribution in [3.63, 3.8) is 0 Å². The van der Waals surface area contributed by atoms with Gasteiger partial charge in [0.05, 0.1) is 0 Å². The van der Waals surface area contributed by atoms with Gasteiger partial charge in [-0.05, 0) is 18.9 Å². The SMILES string of the molecule is C=C(CC)/C(=C\C=C/C)c1nc(N)nc(N)n1. The molecule has 0 aliphatic heterocycles. The van der Waals surface area contributed by atoms with Crippen LogP contribution < -0.4 is 11.5 Å². The number of aromatic nitrogens is 3. The quantitative estimate of drug-likeness (QED) is 0.773. The molecule has 0 aromatic carbocycles. The van der Waals surface area contributed by atoms with Gasteiger partial charge in [0.1, 0.15) is 0 Å². The monoisotopic (exact) mass is 231 g/mol. The lowest BCUT2D eigenvalue weighted by Crippen LogP contribution is -2.07. The van der Waals surface area contributed by atoms with Gasteiger partial charge in [-0.2, -0.15) is 15.0 Å². The molecule has 5 nitrogen and oxygen atoms in total. The van der Waals surface area contributed by atoms with E-state index in [1.165, 1.54) is 0 Å². The first-order valence-corrected chi connectivity index (χ1v) is 5.37. The van der Waals surface area contributed by atoms with Gasteiger partial charge in [-0.3, -0.25) is 0 Å². The van der Waals surface area contributed by atoms with Gasteiger partial charge in [-0.15, -0.1) is 0 Å². The number of rotatable bonds is 4. The van der Waals surface area contributed by atoms with Crippen LogP contribution in [0.2, 0.25) is 0 Å². The molecule has 0 fully saturated rings. The Morgan fingerprint density at radius 2 is 1.82 bits per heavy atom. The van der Waals surface area contributed by atoms with Gasteiger partial charge in [0, 0.05) is 5.57 Å². The molecule has 0 amide bonds. The second-order valence-corrected chi connectivity index (χ2v) is 3.44. The van der Waals surface area contributed by atoms with Crippen LogP contribution in [0.15, 0.2) is 30.4 Å². The maximum absolute atomic E-state index is 5.55. The van der Waals surface area contributed by atoms with Crippen LogP contribution in [0.1, 0.15) is 26.1 Å². The van der Waals surface area contributed by atoms with Gasteiger partial charge >= 0.3 is 0 Å². The Balaban J connectivity index is 3.26. The second kappa shape index (κ2) is 5.79. The first-order valence-electron chi connectivity index (χ1n) is 5.37. The third kappa shape index (κ3) is 3.41. The summed E-state index contributed by atoms with van der Waals surface area (Å²) in [5.41, 5.74) is 12.9. The lowest BCUT2D eigenvalue weighted by atomic mass is 10.0. The van der Waals surface area contributed by atoms with Crippen molar-refractivity contribution in [2.45, 2.75) is 20.3 Å². The largest absolute Gasteiger partial charge is 0.368 e. The zero-order valence-corrected chi connectivity index (χ0v) is 10.1. The number of hydrogen-bond acceptors (Lipinski definition) is 5. The highest BCUT2D eigenvalue weighted by Crippen LogP contribution is 2.22. The predicted octanol–water partition coefficient (Wildman–Crippen LogP) is 1.96. The van der Waals surface area contributed by atoms with Gasteiger partial charge in [0.2, 0.25) is 11.9 Å². The number of anilines is 2. The molecule has 90 valence electrons. The van der Waals surface area contributed by atoms with Crippen molar-refractivity contribution >= 4 is 17.5 Å². The third-order valence-electron chi connectivity index (χ3n) is 2.17. The van der Waals surface area contributed by atoms with Crippen LogP contribution in [-0.2, 0) is 0 Å². The van der Waals surface area contributed by atoms with E-state index in [-0.39, 0.29) is 11.9 Å². The highest BCUT2D eigenvalue weighted by atomic mass is 15.1. The molecule has 0 radical (unpaired) electrons. The van der Waals surface area contributed by atoms with E-state index >= 15 is 0 Å². The Kier molecular flexibility index (Phi) is 4.39. The maximum Gasteiger partial charge on any atom is 0.225 e. The molecule has 0 aliphatic carbocycles. The van der Waals surface area contributed by atoms with Crippen molar-refractivity contribution < 1.29 is 0 Å². The van der Waals surface area contributed by atoms with Crippen molar-refractivity contribution in [2.75, 3.05) is 11.5 Å². The van der Waals surface area contributed by atoms with E-state index in [0.717, 1.165) is 17.6 Å². The molecule has 5 heteroatoms. The molecule has 0 bridgehead atoms. The van der Waals surface area contributed by atoms with Gasteiger partial charge < -0.3 is 11.5 Å². The summed E-state index contributed by atoms with van der Waals surface area (Å²) in [6.45, 7) is 7.92. The zero-order valence-electron chi connectivity index (χ0n) is 10.1. The molecule has 0 unspecified atom stereocenters. The van der Waals surface area contributed by atoms with E-state index < -0.39 is 0 Å². The van der Waals surface area contributed by atoms with Crippen LogP contribution in [0.4, 0.5) is 11.9 Å². The number of allylic oxidation sites excluding steroid dienone is 5. The molecule has 0 saturated carbocycles. The number of nitrogens with two attached hydrogens (primary N) is 2. The molecule has 1 aromatic heterocycles. The minimum Gasteiger partial charge on any atom is -0.368 e. The fraction of sp³-hybridized carbons (Fsp3) is 0.250. The molecule has 0 atom stereocenters. The van der Waals surface area contributed by atoms with Crippen LogP contribution in [-0.4, -0.2) is 15.0 Å². The summed E-state index contributed by atoms with van der Waals surface area (Å²) in [5.74, 6) is 0.686. The normalized spacial score (nSPS) is 12.0. The topological polar surface area (TPSA) is 90.7 Å². The second-order valence-electron chi connectivity index (χ2n) is 3.44. The molecule has 0 aliphatic rings. The van der Waals surface area contributed by atoms with Crippen molar-refractivity contribution in [2.24, 2.45) is 0 Å². The zero-order chi connectivity index (χ0) is 12.8. The van der Waals surface area contributed by atoms with E-state index in [2.05, 4.69) is 21.5 Å². The molecular formula is C12H17N5. The average Bonchev–Trinajstić information content (AvgIpc) is 2.28. The minimum atomic E-state index is 0.114. The van der Waals surface area contributed by atoms with E-state index in [9.17, 15) is 0 Å². The van der Waals surface area contributed by atoms with Crippen LogP contribution in [0.5, 0.6) is 0 Å². The van der Waals surface area contributed by atoms with E-state index in [1.54, 1.807) is 0 Å². The van der Waals surface area contributed by atoms with Gasteiger partial charge in [0.15, 0.2) is 5.82 Å². The Morgan fingerprint density at radius 3 is 2.29 bits per heavy atom. The Morgan fingerprint density at radius 1 is 1.24 bits per heavy atom. The molecule has 1 rings (SSSR count). The average molecular weight is 231 g/mol. The summed E-state index contributed by atoms with van der Waals surface area (Å²) < 4.78 is 0. The summed E-state index contributed by atoms with van der Waals surface area (Å²) in [7, 11) is 0. The predicted molar refractivity (Wildman–Crippen MR) is 70.9 cm³/mol. The van der Waals surface area contributed by atoms with Gasteiger partial charge in [-0.25, -0.2) is 0 Å². The first-order chi connectivity index (χ1) is 8.08. The summed E-state index contributed by atoms with van der Waals surface area (Å²) in [5, 5.41) is 0. The number of nitrogen functional groups attached to an aromatic ring is 2. The standard InChI is InChI=1S/C12H17N5/c1-4-6-7-9(8(3)5-2)10-15-11(13)17-12(14)16-10/h4,6-7H,3,5H2,1-2H3,(H4,13,14,15,16,17)/b6-4-,9-7+.